The summed E-state index contributed by atoms with van der Waals surface area (Å²) < 4.78 is 16.6. The fourth-order valence-corrected chi connectivity index (χ4v) is 2.82. The Morgan fingerprint density at radius 1 is 0.962 bits per heavy atom. The number of hydrogen-bond donors (Lipinski definition) is 0. The first kappa shape index (κ1) is 19.9. The van der Waals surface area contributed by atoms with Gasteiger partial charge in [-0.25, -0.2) is 0 Å². The van der Waals surface area contributed by atoms with Crippen molar-refractivity contribution in [2.24, 2.45) is 0 Å². The number of allylic oxidation sites excluding steroid dienone is 1. The zero-order valence-corrected chi connectivity index (χ0v) is 16.8. The summed E-state index contributed by atoms with van der Waals surface area (Å²) in [4.78, 5) is 0. The molecule has 0 aliphatic heterocycles. The predicted octanol–water partition coefficient (Wildman–Crippen LogP) is 5.78. The van der Waals surface area contributed by atoms with Crippen molar-refractivity contribution in [1.29, 1.82) is 0 Å². The molecule has 0 aliphatic carbocycles. The summed E-state index contributed by atoms with van der Waals surface area (Å²) in [5.41, 5.74) is 3.36. The molecule has 3 heteroatoms. The Hall–Kier alpha value is -2.42. The van der Waals surface area contributed by atoms with Crippen molar-refractivity contribution in [3.05, 3.63) is 65.7 Å². The molecule has 2 rings (SSSR count). The fourth-order valence-electron chi connectivity index (χ4n) is 2.82. The van der Waals surface area contributed by atoms with Crippen LogP contribution in [0.3, 0.4) is 0 Å². The third-order valence-electron chi connectivity index (χ3n) is 4.30. The topological polar surface area (TPSA) is 27.7 Å². The van der Waals surface area contributed by atoms with Crippen molar-refractivity contribution in [2.75, 3.05) is 14.2 Å². The number of rotatable bonds is 7. The average Bonchev–Trinajstić information content (AvgIpc) is 2.60. The standard InChI is InChI=1S/C23H30O3/c1-16(14-18-8-13-21(24-6)22(15-18)25-7)17(2)19-9-11-20(12-10-19)26-23(3,4)5/h8-13,15,17H,1,14H2,2-7H3/t17-/m0/s1. The Balaban J connectivity index is 2.07. The summed E-state index contributed by atoms with van der Waals surface area (Å²) in [5.74, 6) is 2.63. The molecule has 0 unspecified atom stereocenters. The van der Waals surface area contributed by atoms with Gasteiger partial charge in [0.05, 0.1) is 14.2 Å². The summed E-state index contributed by atoms with van der Waals surface area (Å²) in [6.45, 7) is 12.6. The summed E-state index contributed by atoms with van der Waals surface area (Å²) in [7, 11) is 3.30. The van der Waals surface area contributed by atoms with Crippen LogP contribution in [-0.4, -0.2) is 19.8 Å². The fraction of sp³-hybridized carbons (Fsp3) is 0.391. The van der Waals surface area contributed by atoms with Crippen LogP contribution in [0.5, 0.6) is 17.2 Å². The van der Waals surface area contributed by atoms with Gasteiger partial charge in [0.25, 0.3) is 0 Å². The summed E-state index contributed by atoms with van der Waals surface area (Å²) in [5, 5.41) is 0. The lowest BCUT2D eigenvalue weighted by molar-refractivity contribution is 0.131. The summed E-state index contributed by atoms with van der Waals surface area (Å²) >= 11 is 0. The second-order valence-corrected chi connectivity index (χ2v) is 7.53. The number of methoxy groups -OCH3 is 2. The van der Waals surface area contributed by atoms with Crippen LogP contribution in [0.2, 0.25) is 0 Å². The lowest BCUT2D eigenvalue weighted by Crippen LogP contribution is -2.22. The minimum Gasteiger partial charge on any atom is -0.493 e. The molecule has 2 aromatic carbocycles. The number of benzene rings is 2. The zero-order valence-electron chi connectivity index (χ0n) is 16.8. The molecule has 0 spiro atoms. The van der Waals surface area contributed by atoms with Crippen LogP contribution in [0.25, 0.3) is 0 Å². The van der Waals surface area contributed by atoms with E-state index in [2.05, 4.69) is 52.5 Å². The minimum atomic E-state index is -0.190. The van der Waals surface area contributed by atoms with E-state index in [9.17, 15) is 0 Å². The molecular formula is C23H30O3. The highest BCUT2D eigenvalue weighted by molar-refractivity contribution is 5.44. The van der Waals surface area contributed by atoms with Gasteiger partial charge in [-0.15, -0.1) is 0 Å². The van der Waals surface area contributed by atoms with Gasteiger partial charge in [-0.3, -0.25) is 0 Å². The molecule has 0 saturated heterocycles. The first-order valence-electron chi connectivity index (χ1n) is 8.91. The van der Waals surface area contributed by atoms with Gasteiger partial charge in [0.15, 0.2) is 11.5 Å². The monoisotopic (exact) mass is 354 g/mol. The van der Waals surface area contributed by atoms with Crippen molar-refractivity contribution in [1.82, 2.24) is 0 Å². The summed E-state index contributed by atoms with van der Waals surface area (Å²) in [6, 6.07) is 14.3. The molecule has 1 atom stereocenters. The van der Waals surface area contributed by atoms with E-state index in [1.54, 1.807) is 14.2 Å². The third-order valence-corrected chi connectivity index (χ3v) is 4.30. The van der Waals surface area contributed by atoms with Gasteiger partial charge < -0.3 is 14.2 Å². The molecule has 0 aromatic heterocycles. The van der Waals surface area contributed by atoms with Crippen molar-refractivity contribution in [3.63, 3.8) is 0 Å². The lowest BCUT2D eigenvalue weighted by Gasteiger charge is -2.22. The van der Waals surface area contributed by atoms with E-state index >= 15 is 0 Å². The number of hydrogen-bond acceptors (Lipinski definition) is 3. The highest BCUT2D eigenvalue weighted by Gasteiger charge is 2.14. The first-order chi connectivity index (χ1) is 12.2. The molecule has 0 fully saturated rings. The van der Waals surface area contributed by atoms with Gasteiger partial charge >= 0.3 is 0 Å². The zero-order chi connectivity index (χ0) is 19.3. The Morgan fingerprint density at radius 3 is 2.12 bits per heavy atom. The SMILES string of the molecule is C=C(Cc1ccc(OC)c(OC)c1)[C@H](C)c1ccc(OC(C)(C)C)cc1. The van der Waals surface area contributed by atoms with Crippen molar-refractivity contribution >= 4 is 0 Å². The van der Waals surface area contributed by atoms with Crippen molar-refractivity contribution in [2.45, 2.75) is 45.6 Å². The van der Waals surface area contributed by atoms with Crippen molar-refractivity contribution in [3.8, 4) is 17.2 Å². The molecule has 0 bridgehead atoms. The molecular weight excluding hydrogens is 324 g/mol. The molecule has 2 aromatic rings. The van der Waals surface area contributed by atoms with Crippen LogP contribution in [0.4, 0.5) is 0 Å². The molecule has 0 N–H and O–H groups in total. The maximum Gasteiger partial charge on any atom is 0.160 e. The lowest BCUT2D eigenvalue weighted by atomic mass is 9.90. The Labute approximate surface area is 157 Å². The third kappa shape index (κ3) is 5.29. The van der Waals surface area contributed by atoms with Gasteiger partial charge in [-0.05, 0) is 62.6 Å². The molecule has 140 valence electrons. The predicted molar refractivity (Wildman–Crippen MR) is 108 cm³/mol. The van der Waals surface area contributed by atoms with E-state index in [0.29, 0.717) is 0 Å². The van der Waals surface area contributed by atoms with E-state index in [4.69, 9.17) is 14.2 Å². The average molecular weight is 354 g/mol. The smallest absolute Gasteiger partial charge is 0.160 e. The second-order valence-electron chi connectivity index (χ2n) is 7.53. The highest BCUT2D eigenvalue weighted by atomic mass is 16.5. The van der Waals surface area contributed by atoms with Crippen LogP contribution in [-0.2, 0) is 6.42 Å². The quantitative estimate of drug-likeness (QED) is 0.590. The van der Waals surface area contributed by atoms with Gasteiger partial charge in [-0.1, -0.05) is 37.3 Å². The Kier molecular flexibility index (Phi) is 6.36. The van der Waals surface area contributed by atoms with Gasteiger partial charge in [0.1, 0.15) is 11.4 Å². The molecule has 0 amide bonds. The molecule has 0 heterocycles. The normalized spacial score (nSPS) is 12.4. The number of ether oxygens (including phenoxy) is 3. The molecule has 0 saturated carbocycles. The van der Waals surface area contributed by atoms with Crippen molar-refractivity contribution < 1.29 is 14.2 Å². The second kappa shape index (κ2) is 8.31. The summed E-state index contributed by atoms with van der Waals surface area (Å²) in [6.07, 6.45) is 0.793. The van der Waals surface area contributed by atoms with E-state index in [1.807, 2.05) is 24.3 Å². The van der Waals surface area contributed by atoms with Crippen LogP contribution in [0, 0.1) is 0 Å². The molecule has 0 aliphatic rings. The highest BCUT2D eigenvalue weighted by Crippen LogP contribution is 2.31. The van der Waals surface area contributed by atoms with Gasteiger partial charge in [-0.2, -0.15) is 0 Å². The van der Waals surface area contributed by atoms with E-state index in [1.165, 1.54) is 5.56 Å². The van der Waals surface area contributed by atoms with Crippen LogP contribution in [0.15, 0.2) is 54.6 Å². The molecule has 3 nitrogen and oxygen atoms in total. The minimum absolute atomic E-state index is 0.190. The van der Waals surface area contributed by atoms with Gasteiger partial charge in [0.2, 0.25) is 0 Å². The Bertz CT molecular complexity index is 739. The molecule has 0 radical (unpaired) electrons. The molecule has 26 heavy (non-hydrogen) atoms. The van der Waals surface area contributed by atoms with E-state index in [0.717, 1.165) is 34.8 Å². The van der Waals surface area contributed by atoms with E-state index in [-0.39, 0.29) is 11.5 Å². The first-order valence-corrected chi connectivity index (χ1v) is 8.91. The van der Waals surface area contributed by atoms with Crippen LogP contribution < -0.4 is 14.2 Å². The van der Waals surface area contributed by atoms with Crippen LogP contribution >= 0.6 is 0 Å². The van der Waals surface area contributed by atoms with Crippen LogP contribution in [0.1, 0.15) is 44.7 Å². The maximum absolute atomic E-state index is 5.89. The Morgan fingerprint density at radius 2 is 1.58 bits per heavy atom. The largest absolute Gasteiger partial charge is 0.493 e. The maximum atomic E-state index is 5.89. The van der Waals surface area contributed by atoms with E-state index < -0.39 is 0 Å². The van der Waals surface area contributed by atoms with Gasteiger partial charge in [0, 0.05) is 5.92 Å².